The molecule has 0 radical (unpaired) electrons. The van der Waals surface area contributed by atoms with Crippen LogP contribution in [0, 0.1) is 23.7 Å². The first-order valence-corrected chi connectivity index (χ1v) is 12.6. The number of hydrogen-bond donors (Lipinski definition) is 1. The molecule has 0 unspecified atom stereocenters. The van der Waals surface area contributed by atoms with E-state index in [9.17, 15) is 14.4 Å². The summed E-state index contributed by atoms with van der Waals surface area (Å²) in [5.41, 5.74) is 7.76. The minimum atomic E-state index is -0.378. The summed E-state index contributed by atoms with van der Waals surface area (Å²) in [6.07, 6.45) is 2.89. The lowest BCUT2D eigenvalue weighted by molar-refractivity contribution is 0.0633. The number of rotatable bonds is 6. The fraction of sp³-hybridized carbons (Fsp3) is 0.464. The molecule has 1 saturated carbocycles. The number of carbonyl (C=O) groups excluding carboxylic acids is 2. The van der Waals surface area contributed by atoms with Crippen LogP contribution in [-0.2, 0) is 6.54 Å². The van der Waals surface area contributed by atoms with Crippen LogP contribution in [0.5, 0.6) is 0 Å². The van der Waals surface area contributed by atoms with Crippen LogP contribution in [0.3, 0.4) is 0 Å². The van der Waals surface area contributed by atoms with Crippen molar-refractivity contribution in [1.82, 2.24) is 9.13 Å². The molecule has 1 aliphatic rings. The quantitative estimate of drug-likeness (QED) is 0.571. The van der Waals surface area contributed by atoms with Crippen LogP contribution < -0.4 is 16.3 Å². The van der Waals surface area contributed by atoms with Gasteiger partial charge in [0.15, 0.2) is 0 Å². The van der Waals surface area contributed by atoms with Gasteiger partial charge in [-0.1, -0.05) is 45.4 Å². The smallest absolute Gasteiger partial charge is 0.329 e. The molecule has 1 aromatic heterocycles. The van der Waals surface area contributed by atoms with Crippen LogP contribution in [-0.4, -0.2) is 34.5 Å². The second-order valence-corrected chi connectivity index (χ2v) is 10.2. The predicted octanol–water partition coefficient (Wildman–Crippen LogP) is 4.39. The number of para-hydroxylation sites is 1. The SMILES string of the molecule is CC(C)[C@@H]1CC[C@@H](C)C[C@H]1C(=O)n1c(=O)n(CCN)c2cc(C(=O)N(C)c3ccccc3)ccc21. The molecule has 7 heteroatoms. The number of nitrogens with two attached hydrogens (primary N) is 1. The third kappa shape index (κ3) is 4.69. The summed E-state index contributed by atoms with van der Waals surface area (Å²) in [6.45, 7) is 7.02. The number of carbonyl (C=O) groups is 2. The molecule has 2 aromatic carbocycles. The van der Waals surface area contributed by atoms with Crippen molar-refractivity contribution in [2.24, 2.45) is 29.4 Å². The fourth-order valence-electron chi connectivity index (χ4n) is 5.56. The number of benzene rings is 2. The first-order valence-electron chi connectivity index (χ1n) is 12.6. The van der Waals surface area contributed by atoms with E-state index in [0.29, 0.717) is 28.4 Å². The van der Waals surface area contributed by atoms with Gasteiger partial charge in [-0.2, -0.15) is 0 Å². The average Bonchev–Trinajstić information content (AvgIpc) is 3.13. The molecule has 3 aromatic rings. The van der Waals surface area contributed by atoms with E-state index in [1.807, 2.05) is 30.3 Å². The largest absolute Gasteiger partial charge is 0.336 e. The van der Waals surface area contributed by atoms with E-state index in [-0.39, 0.29) is 42.4 Å². The topological polar surface area (TPSA) is 90.3 Å². The lowest BCUT2D eigenvalue weighted by Gasteiger charge is -2.36. The number of anilines is 1. The number of imidazole rings is 1. The van der Waals surface area contributed by atoms with Gasteiger partial charge in [0.05, 0.1) is 11.0 Å². The Morgan fingerprint density at radius 1 is 1.09 bits per heavy atom. The molecule has 1 heterocycles. The number of aromatic nitrogens is 2. The van der Waals surface area contributed by atoms with E-state index < -0.39 is 0 Å². The van der Waals surface area contributed by atoms with Crippen molar-refractivity contribution in [1.29, 1.82) is 0 Å². The predicted molar refractivity (Wildman–Crippen MR) is 140 cm³/mol. The van der Waals surface area contributed by atoms with Crippen molar-refractivity contribution in [2.45, 2.75) is 46.6 Å². The van der Waals surface area contributed by atoms with E-state index >= 15 is 0 Å². The fourth-order valence-corrected chi connectivity index (χ4v) is 5.56. The maximum atomic E-state index is 13.9. The molecule has 35 heavy (non-hydrogen) atoms. The van der Waals surface area contributed by atoms with Gasteiger partial charge in [-0.05, 0) is 60.9 Å². The Kier molecular flexibility index (Phi) is 7.26. The molecule has 1 amide bonds. The molecule has 0 spiro atoms. The Labute approximate surface area is 206 Å². The summed E-state index contributed by atoms with van der Waals surface area (Å²) in [4.78, 5) is 42.2. The highest BCUT2D eigenvalue weighted by Gasteiger charge is 2.37. The Hall–Kier alpha value is -3.19. The van der Waals surface area contributed by atoms with Crippen molar-refractivity contribution in [3.05, 3.63) is 64.6 Å². The number of nitrogens with zero attached hydrogens (tertiary/aromatic N) is 3. The van der Waals surface area contributed by atoms with Crippen LogP contribution in [0.4, 0.5) is 5.69 Å². The van der Waals surface area contributed by atoms with Crippen molar-refractivity contribution in [3.8, 4) is 0 Å². The van der Waals surface area contributed by atoms with Crippen LogP contribution >= 0.6 is 0 Å². The molecule has 4 rings (SSSR count). The van der Waals surface area contributed by atoms with Gasteiger partial charge in [-0.15, -0.1) is 0 Å². The number of hydrogen-bond acceptors (Lipinski definition) is 4. The molecule has 3 atom stereocenters. The van der Waals surface area contributed by atoms with Crippen LogP contribution in [0.15, 0.2) is 53.3 Å². The number of fused-ring (bicyclic) bond motifs is 1. The summed E-state index contributed by atoms with van der Waals surface area (Å²) >= 11 is 0. The Bertz CT molecular complexity index is 1270. The van der Waals surface area contributed by atoms with Gasteiger partial charge < -0.3 is 10.6 Å². The monoisotopic (exact) mass is 476 g/mol. The van der Waals surface area contributed by atoms with Gasteiger partial charge >= 0.3 is 5.69 Å². The molecular weight excluding hydrogens is 440 g/mol. The molecule has 0 bridgehead atoms. The molecule has 186 valence electrons. The van der Waals surface area contributed by atoms with E-state index in [1.165, 1.54) is 9.13 Å². The summed E-state index contributed by atoms with van der Waals surface area (Å²) in [5, 5.41) is 0. The van der Waals surface area contributed by atoms with E-state index in [0.717, 1.165) is 24.9 Å². The minimum absolute atomic E-state index is 0.137. The zero-order valence-electron chi connectivity index (χ0n) is 21.1. The number of amides is 1. The molecule has 1 aliphatic carbocycles. The van der Waals surface area contributed by atoms with Crippen LogP contribution in [0.25, 0.3) is 11.0 Å². The van der Waals surface area contributed by atoms with Gasteiger partial charge in [0.1, 0.15) is 0 Å². The maximum absolute atomic E-state index is 13.9. The summed E-state index contributed by atoms with van der Waals surface area (Å²) in [6, 6.07) is 14.5. The first-order chi connectivity index (χ1) is 16.7. The minimum Gasteiger partial charge on any atom is -0.329 e. The third-order valence-corrected chi connectivity index (χ3v) is 7.54. The lowest BCUT2D eigenvalue weighted by Crippen LogP contribution is -2.40. The van der Waals surface area contributed by atoms with E-state index in [1.54, 1.807) is 30.1 Å². The van der Waals surface area contributed by atoms with Crippen LogP contribution in [0.1, 0.15) is 55.2 Å². The van der Waals surface area contributed by atoms with Crippen LogP contribution in [0.2, 0.25) is 0 Å². The van der Waals surface area contributed by atoms with Crippen molar-refractivity contribution >= 4 is 28.5 Å². The summed E-state index contributed by atoms with van der Waals surface area (Å²) in [5.74, 6) is 0.538. The zero-order valence-corrected chi connectivity index (χ0v) is 21.1. The third-order valence-electron chi connectivity index (χ3n) is 7.54. The van der Waals surface area contributed by atoms with E-state index in [2.05, 4.69) is 20.8 Å². The van der Waals surface area contributed by atoms with Crippen molar-refractivity contribution < 1.29 is 9.59 Å². The first kappa shape index (κ1) is 24.9. The molecule has 0 aliphatic heterocycles. The second-order valence-electron chi connectivity index (χ2n) is 10.2. The Morgan fingerprint density at radius 3 is 2.46 bits per heavy atom. The Morgan fingerprint density at radius 2 is 1.80 bits per heavy atom. The molecule has 7 nitrogen and oxygen atoms in total. The normalized spacial score (nSPS) is 20.3. The van der Waals surface area contributed by atoms with Gasteiger partial charge in [0.2, 0.25) is 5.91 Å². The van der Waals surface area contributed by atoms with Crippen molar-refractivity contribution in [3.63, 3.8) is 0 Å². The standard InChI is InChI=1S/C28H36N4O3/c1-18(2)22-12-10-19(3)16-23(22)27(34)32-24-13-11-20(17-25(24)31(15-14-29)28(32)35)26(33)30(4)21-8-6-5-7-9-21/h5-9,11,13,17-19,22-23H,10,12,14-16,29H2,1-4H3/t19-,22+,23-/m1/s1. The maximum Gasteiger partial charge on any atom is 0.336 e. The highest BCUT2D eigenvalue weighted by molar-refractivity contribution is 6.07. The summed E-state index contributed by atoms with van der Waals surface area (Å²) in [7, 11) is 1.72. The Balaban J connectivity index is 1.78. The van der Waals surface area contributed by atoms with Gasteiger partial charge in [-0.3, -0.25) is 14.2 Å². The van der Waals surface area contributed by atoms with Crippen molar-refractivity contribution in [2.75, 3.05) is 18.5 Å². The molecule has 1 fully saturated rings. The van der Waals surface area contributed by atoms with Gasteiger partial charge in [0, 0.05) is 37.3 Å². The highest BCUT2D eigenvalue weighted by atomic mass is 16.2. The van der Waals surface area contributed by atoms with Gasteiger partial charge in [0.25, 0.3) is 5.91 Å². The average molecular weight is 477 g/mol. The van der Waals surface area contributed by atoms with E-state index in [4.69, 9.17) is 5.73 Å². The van der Waals surface area contributed by atoms with Gasteiger partial charge in [-0.25, -0.2) is 9.36 Å². The lowest BCUT2D eigenvalue weighted by atomic mass is 9.69. The molecule has 0 saturated heterocycles. The highest BCUT2D eigenvalue weighted by Crippen LogP contribution is 2.39. The summed E-state index contributed by atoms with van der Waals surface area (Å²) < 4.78 is 2.86. The zero-order chi connectivity index (χ0) is 25.3. The molecular formula is C28H36N4O3. The molecule has 2 N–H and O–H groups in total. The second kappa shape index (κ2) is 10.2.